The molecule has 1 heterocycles. The molecule has 0 aliphatic carbocycles. The molecule has 1 aromatic heterocycles. The number of allylic oxidation sites excluding steroid dienone is 4. The monoisotopic (exact) mass is 304 g/mol. The lowest BCUT2D eigenvalue weighted by atomic mass is 10.0. The van der Waals surface area contributed by atoms with Crippen LogP contribution in [0.2, 0.25) is 0 Å². The molecule has 0 unspecified atom stereocenters. The number of carbonyl (C=O) groups excluding carboxylic acids is 1. The number of methoxy groups -OCH3 is 1. The molecule has 0 atom stereocenters. The molecule has 22 heavy (non-hydrogen) atoms. The van der Waals surface area contributed by atoms with E-state index in [-0.39, 0.29) is 5.56 Å². The third kappa shape index (κ3) is 4.10. The van der Waals surface area contributed by atoms with E-state index in [2.05, 4.69) is 12.0 Å². The molecule has 0 spiro atoms. The van der Waals surface area contributed by atoms with Gasteiger partial charge in [-0.25, -0.2) is 4.79 Å². The molecule has 0 aromatic carbocycles. The van der Waals surface area contributed by atoms with Crippen LogP contribution in [0.1, 0.15) is 39.7 Å². The third-order valence-electron chi connectivity index (χ3n) is 3.73. The molecule has 0 aliphatic rings. The highest BCUT2D eigenvalue weighted by Crippen LogP contribution is 2.17. The van der Waals surface area contributed by atoms with Gasteiger partial charge in [0.25, 0.3) is 5.56 Å². The lowest BCUT2D eigenvalue weighted by Crippen LogP contribution is -2.14. The van der Waals surface area contributed by atoms with Gasteiger partial charge in [-0.2, -0.15) is 0 Å². The number of aromatic amines is 1. The number of hydrogen-bond donors (Lipinski definition) is 1. The van der Waals surface area contributed by atoms with Gasteiger partial charge in [-0.1, -0.05) is 18.1 Å². The van der Waals surface area contributed by atoms with E-state index in [1.807, 2.05) is 13.8 Å². The molecule has 0 amide bonds. The lowest BCUT2D eigenvalue weighted by molar-refractivity contribution is -0.135. The number of H-pyrrole nitrogens is 1. The van der Waals surface area contributed by atoms with E-state index in [9.17, 15) is 9.59 Å². The number of aryl methyl sites for hydroxylation is 1. The minimum Gasteiger partial charge on any atom is -0.465 e. The van der Waals surface area contributed by atoms with E-state index >= 15 is 0 Å². The van der Waals surface area contributed by atoms with Crippen molar-refractivity contribution in [3.63, 3.8) is 0 Å². The maximum Gasteiger partial charge on any atom is 0.337 e. The van der Waals surface area contributed by atoms with Crippen molar-refractivity contribution in [2.24, 2.45) is 7.05 Å². The maximum atomic E-state index is 12.0. The van der Waals surface area contributed by atoms with Gasteiger partial charge in [0.1, 0.15) is 0 Å². The van der Waals surface area contributed by atoms with Crippen LogP contribution in [0.3, 0.4) is 0 Å². The molecule has 5 heteroatoms. The number of nitrogens with zero attached hydrogens (tertiary/aromatic N) is 1. The first-order valence-corrected chi connectivity index (χ1v) is 7.21. The number of hydrogen-bond acceptors (Lipinski definition) is 3. The van der Waals surface area contributed by atoms with Gasteiger partial charge < -0.3 is 9.84 Å². The van der Waals surface area contributed by atoms with Crippen LogP contribution < -0.4 is 5.56 Å². The zero-order chi connectivity index (χ0) is 16.9. The average molecular weight is 304 g/mol. The second kappa shape index (κ2) is 7.64. The summed E-state index contributed by atoms with van der Waals surface area (Å²) in [7, 11) is 2.99. The molecule has 5 nitrogen and oxygen atoms in total. The largest absolute Gasteiger partial charge is 0.465 e. The van der Waals surface area contributed by atoms with Crippen molar-refractivity contribution in [1.82, 2.24) is 9.78 Å². The van der Waals surface area contributed by atoms with E-state index in [0.717, 1.165) is 12.0 Å². The summed E-state index contributed by atoms with van der Waals surface area (Å²) < 4.78 is 6.22. The summed E-state index contributed by atoms with van der Waals surface area (Å²) in [4.78, 5) is 23.9. The van der Waals surface area contributed by atoms with Gasteiger partial charge >= 0.3 is 5.97 Å². The molecule has 0 aliphatic heterocycles. The van der Waals surface area contributed by atoms with E-state index in [4.69, 9.17) is 4.74 Å². The number of nitrogens with one attached hydrogen (secondary N) is 1. The Balaban J connectivity index is 3.33. The zero-order valence-corrected chi connectivity index (χ0v) is 14.1. The smallest absolute Gasteiger partial charge is 0.337 e. The Labute approximate surface area is 131 Å². The van der Waals surface area contributed by atoms with Crippen LogP contribution >= 0.6 is 0 Å². The van der Waals surface area contributed by atoms with Crippen LogP contribution in [0.15, 0.2) is 39.9 Å². The molecule has 1 N–H and O–H groups in total. The van der Waals surface area contributed by atoms with Crippen molar-refractivity contribution in [2.75, 3.05) is 7.11 Å². The molecule has 120 valence electrons. The van der Waals surface area contributed by atoms with Crippen LogP contribution in [0.4, 0.5) is 0 Å². The highest BCUT2D eigenvalue weighted by molar-refractivity contribution is 5.94. The number of aromatic nitrogens is 2. The fraction of sp³-hybridized carbons (Fsp3) is 0.412. The highest BCUT2D eigenvalue weighted by atomic mass is 16.5. The van der Waals surface area contributed by atoms with Gasteiger partial charge in [0.05, 0.1) is 18.2 Å². The van der Waals surface area contributed by atoms with E-state index < -0.39 is 5.97 Å². The normalized spacial score (nSPS) is 13.9. The van der Waals surface area contributed by atoms with Gasteiger partial charge in [0.15, 0.2) is 0 Å². The Morgan fingerprint density at radius 2 is 1.95 bits per heavy atom. The lowest BCUT2D eigenvalue weighted by Gasteiger charge is -2.05. The fourth-order valence-corrected chi connectivity index (χ4v) is 1.97. The second-order valence-corrected chi connectivity index (χ2v) is 5.29. The molecule has 0 radical (unpaired) electrons. The van der Waals surface area contributed by atoms with Crippen LogP contribution in [0, 0.1) is 0 Å². The van der Waals surface area contributed by atoms with Gasteiger partial charge in [-0.05, 0) is 44.9 Å². The summed E-state index contributed by atoms with van der Waals surface area (Å²) in [5.74, 6) is -0.421. The van der Waals surface area contributed by atoms with Crippen molar-refractivity contribution in [3.05, 3.63) is 51.0 Å². The van der Waals surface area contributed by atoms with Crippen LogP contribution in [-0.2, 0) is 16.6 Å². The molecule has 0 saturated carbocycles. The maximum absolute atomic E-state index is 12.0. The van der Waals surface area contributed by atoms with Crippen LogP contribution in [-0.4, -0.2) is 22.9 Å². The highest BCUT2D eigenvalue weighted by Gasteiger charge is 2.11. The molecule has 0 bridgehead atoms. The van der Waals surface area contributed by atoms with Gasteiger partial charge in [0.2, 0.25) is 0 Å². The predicted octanol–water partition coefficient (Wildman–Crippen LogP) is 2.96. The van der Waals surface area contributed by atoms with Crippen molar-refractivity contribution >= 4 is 11.5 Å². The zero-order valence-electron chi connectivity index (χ0n) is 14.1. The summed E-state index contributed by atoms with van der Waals surface area (Å²) in [6, 6.07) is 0. The van der Waals surface area contributed by atoms with Gasteiger partial charge in [0, 0.05) is 13.2 Å². The minimum atomic E-state index is -0.421. The summed E-state index contributed by atoms with van der Waals surface area (Å²) in [6.45, 7) is 7.85. The topological polar surface area (TPSA) is 64.1 Å². The van der Waals surface area contributed by atoms with Gasteiger partial charge in [-0.3, -0.25) is 9.48 Å². The Kier molecular flexibility index (Phi) is 6.16. The number of esters is 1. The first-order valence-electron chi connectivity index (χ1n) is 7.21. The first-order chi connectivity index (χ1) is 10.3. The molecule has 1 aromatic rings. The van der Waals surface area contributed by atoms with E-state index in [0.29, 0.717) is 16.7 Å². The van der Waals surface area contributed by atoms with E-state index in [1.165, 1.54) is 17.4 Å². The van der Waals surface area contributed by atoms with Gasteiger partial charge in [-0.15, -0.1) is 0 Å². The number of rotatable bonds is 5. The Morgan fingerprint density at radius 3 is 2.41 bits per heavy atom. The average Bonchev–Trinajstić information content (AvgIpc) is 2.84. The predicted molar refractivity (Wildman–Crippen MR) is 88.4 cm³/mol. The van der Waals surface area contributed by atoms with Crippen molar-refractivity contribution < 1.29 is 9.53 Å². The molecule has 1 rings (SSSR count). The SMILES string of the molecule is CC/C(C)=C(C)/C=C(\C=C(/C)c1c[nH]n(C)c1=O)C(=O)OC. The molecule has 0 saturated heterocycles. The number of carbonyl (C=O) groups is 1. The van der Waals surface area contributed by atoms with Crippen molar-refractivity contribution in [1.29, 1.82) is 0 Å². The Bertz CT molecular complexity index is 700. The van der Waals surface area contributed by atoms with Crippen LogP contribution in [0.25, 0.3) is 5.57 Å². The minimum absolute atomic E-state index is 0.130. The summed E-state index contributed by atoms with van der Waals surface area (Å²) in [5, 5.41) is 2.82. The first kappa shape index (κ1) is 17.8. The number of ether oxygens (including phenoxy) is 1. The summed E-state index contributed by atoms with van der Waals surface area (Å²) in [5.41, 5.74) is 3.76. The standard InChI is InChI=1S/C17H24N2O3/c1-7-11(2)12(3)8-14(17(21)22-6)9-13(4)15-10-18-19(5)16(15)20/h8-10,18H,7H2,1-6H3/b12-11+,13-9+,14-8+. The third-order valence-corrected chi connectivity index (χ3v) is 3.73. The molecular formula is C17H24N2O3. The Morgan fingerprint density at radius 1 is 1.32 bits per heavy atom. The summed E-state index contributed by atoms with van der Waals surface area (Å²) in [6.07, 6.45) is 6.02. The molecule has 0 fully saturated rings. The van der Waals surface area contributed by atoms with Crippen LogP contribution in [0.5, 0.6) is 0 Å². The molecular weight excluding hydrogens is 280 g/mol. The quantitative estimate of drug-likeness (QED) is 0.517. The summed E-state index contributed by atoms with van der Waals surface area (Å²) >= 11 is 0. The Hall–Kier alpha value is -2.30. The fourth-order valence-electron chi connectivity index (χ4n) is 1.97. The van der Waals surface area contributed by atoms with Crippen molar-refractivity contribution in [2.45, 2.75) is 34.1 Å². The second-order valence-electron chi connectivity index (χ2n) is 5.29. The van der Waals surface area contributed by atoms with Crippen molar-refractivity contribution in [3.8, 4) is 0 Å². The van der Waals surface area contributed by atoms with E-state index in [1.54, 1.807) is 32.3 Å².